The van der Waals surface area contributed by atoms with E-state index < -0.39 is 12.1 Å². The first-order chi connectivity index (χ1) is 5.61. The van der Waals surface area contributed by atoms with Crippen molar-refractivity contribution in [1.29, 1.82) is 0 Å². The third kappa shape index (κ3) is 2.02. The van der Waals surface area contributed by atoms with Crippen molar-refractivity contribution in [3.63, 3.8) is 0 Å². The van der Waals surface area contributed by atoms with Gasteiger partial charge in [-0.25, -0.2) is 4.98 Å². The number of hydrogen-bond donors (Lipinski definition) is 2. The number of aromatic nitrogens is 1. The maximum Gasteiger partial charge on any atom is 0.306 e. The second kappa shape index (κ2) is 3.64. The minimum Gasteiger partial charge on any atom is -0.481 e. The van der Waals surface area contributed by atoms with E-state index in [1.165, 1.54) is 11.3 Å². The Labute approximate surface area is 73.5 Å². The van der Waals surface area contributed by atoms with Crippen LogP contribution in [-0.4, -0.2) is 21.2 Å². The van der Waals surface area contributed by atoms with Crippen molar-refractivity contribution in [2.45, 2.75) is 19.4 Å². The first-order valence-corrected chi connectivity index (χ1v) is 4.29. The van der Waals surface area contributed by atoms with Gasteiger partial charge in [-0.1, -0.05) is 0 Å². The Kier molecular flexibility index (Phi) is 2.78. The van der Waals surface area contributed by atoms with Crippen LogP contribution in [0.15, 0.2) is 5.51 Å². The van der Waals surface area contributed by atoms with Gasteiger partial charge in [0.05, 0.1) is 22.5 Å². The highest BCUT2D eigenvalue weighted by atomic mass is 32.1. The van der Waals surface area contributed by atoms with Crippen LogP contribution in [0.4, 0.5) is 0 Å². The van der Waals surface area contributed by atoms with Crippen molar-refractivity contribution in [2.75, 3.05) is 0 Å². The summed E-state index contributed by atoms with van der Waals surface area (Å²) < 4.78 is 0. The molecular weight excluding hydrogens is 178 g/mol. The highest BCUT2D eigenvalue weighted by molar-refractivity contribution is 7.09. The number of nitrogens with zero attached hydrogens (tertiary/aromatic N) is 1. The van der Waals surface area contributed by atoms with Crippen LogP contribution in [0.3, 0.4) is 0 Å². The molecule has 0 saturated heterocycles. The number of aliphatic hydroxyl groups excluding tert-OH is 1. The predicted octanol–water partition coefficient (Wildman–Crippen LogP) is 0.960. The number of carboxylic acids is 1. The summed E-state index contributed by atoms with van der Waals surface area (Å²) in [4.78, 5) is 14.8. The monoisotopic (exact) mass is 187 g/mol. The van der Waals surface area contributed by atoms with Crippen molar-refractivity contribution in [3.8, 4) is 0 Å². The zero-order valence-electron chi connectivity index (χ0n) is 6.52. The molecule has 66 valence electrons. The van der Waals surface area contributed by atoms with Crippen molar-refractivity contribution >= 4 is 17.3 Å². The van der Waals surface area contributed by atoms with Crippen molar-refractivity contribution < 1.29 is 15.0 Å². The molecule has 1 aromatic heterocycles. The average molecular weight is 187 g/mol. The molecule has 0 fully saturated rings. The van der Waals surface area contributed by atoms with Gasteiger partial charge in [-0.2, -0.15) is 0 Å². The van der Waals surface area contributed by atoms with E-state index in [4.69, 9.17) is 5.11 Å². The average Bonchev–Trinajstić information content (AvgIpc) is 2.33. The molecule has 0 bridgehead atoms. The molecule has 0 aliphatic carbocycles. The lowest BCUT2D eigenvalue weighted by atomic mass is 10.2. The summed E-state index contributed by atoms with van der Waals surface area (Å²) >= 11 is 1.28. The van der Waals surface area contributed by atoms with Gasteiger partial charge in [0.25, 0.3) is 0 Å². The fraction of sp³-hybridized carbons (Fsp3) is 0.429. The number of rotatable bonds is 3. The van der Waals surface area contributed by atoms with E-state index in [2.05, 4.69) is 4.98 Å². The topological polar surface area (TPSA) is 70.4 Å². The largest absolute Gasteiger partial charge is 0.481 e. The van der Waals surface area contributed by atoms with E-state index in [9.17, 15) is 9.90 Å². The molecule has 0 saturated carbocycles. The molecule has 5 heteroatoms. The summed E-state index contributed by atoms with van der Waals surface area (Å²) in [6.07, 6.45) is -1.18. The molecule has 1 atom stereocenters. The zero-order valence-corrected chi connectivity index (χ0v) is 7.34. The number of thiazole rings is 1. The van der Waals surface area contributed by atoms with Gasteiger partial charge in [-0.3, -0.25) is 4.79 Å². The minimum absolute atomic E-state index is 0.261. The predicted molar refractivity (Wildman–Crippen MR) is 44.1 cm³/mol. The third-order valence-electron chi connectivity index (χ3n) is 1.45. The van der Waals surface area contributed by atoms with E-state index in [0.29, 0.717) is 10.6 Å². The molecule has 1 aromatic rings. The Morgan fingerprint density at radius 3 is 2.92 bits per heavy atom. The van der Waals surface area contributed by atoms with Gasteiger partial charge in [0, 0.05) is 0 Å². The fourth-order valence-electron chi connectivity index (χ4n) is 0.889. The lowest BCUT2D eigenvalue weighted by molar-refractivity contribution is -0.139. The summed E-state index contributed by atoms with van der Waals surface area (Å²) in [5.41, 5.74) is 2.30. The number of aliphatic carboxylic acids is 1. The van der Waals surface area contributed by atoms with Crippen molar-refractivity contribution in [3.05, 3.63) is 16.1 Å². The molecule has 1 rings (SSSR count). The molecular formula is C7H9NO3S. The van der Waals surface area contributed by atoms with E-state index in [1.807, 2.05) is 0 Å². The number of aryl methyl sites for hydroxylation is 1. The highest BCUT2D eigenvalue weighted by Gasteiger charge is 2.15. The highest BCUT2D eigenvalue weighted by Crippen LogP contribution is 2.23. The van der Waals surface area contributed by atoms with Crippen LogP contribution in [-0.2, 0) is 4.79 Å². The van der Waals surface area contributed by atoms with E-state index in [0.717, 1.165) is 0 Å². The van der Waals surface area contributed by atoms with Crippen LogP contribution < -0.4 is 0 Å². The van der Waals surface area contributed by atoms with Gasteiger partial charge in [-0.15, -0.1) is 11.3 Å². The Bertz CT molecular complexity index is 284. The number of aliphatic hydroxyl groups is 1. The zero-order chi connectivity index (χ0) is 9.14. The second-order valence-electron chi connectivity index (χ2n) is 2.42. The van der Waals surface area contributed by atoms with Gasteiger partial charge < -0.3 is 10.2 Å². The minimum atomic E-state index is -1.00. The van der Waals surface area contributed by atoms with Crippen molar-refractivity contribution in [1.82, 2.24) is 4.98 Å². The molecule has 0 aliphatic heterocycles. The maximum atomic E-state index is 10.2. The van der Waals surface area contributed by atoms with Crippen LogP contribution in [0, 0.1) is 6.92 Å². The Balaban J connectivity index is 2.71. The Morgan fingerprint density at radius 1 is 1.83 bits per heavy atom. The summed E-state index contributed by atoms with van der Waals surface area (Å²) in [5, 5.41) is 17.7. The molecule has 4 nitrogen and oxygen atoms in total. The third-order valence-corrected chi connectivity index (χ3v) is 2.49. The molecule has 0 aromatic carbocycles. The van der Waals surface area contributed by atoms with Gasteiger partial charge >= 0.3 is 5.97 Å². The van der Waals surface area contributed by atoms with Gasteiger partial charge in [0.15, 0.2) is 0 Å². The molecule has 2 N–H and O–H groups in total. The molecule has 12 heavy (non-hydrogen) atoms. The van der Waals surface area contributed by atoms with Crippen LogP contribution in [0.5, 0.6) is 0 Å². The van der Waals surface area contributed by atoms with E-state index in [1.54, 1.807) is 12.4 Å². The Hall–Kier alpha value is -0.940. The molecule has 0 aliphatic rings. The van der Waals surface area contributed by atoms with Gasteiger partial charge in [0.1, 0.15) is 6.10 Å². The van der Waals surface area contributed by atoms with Crippen LogP contribution >= 0.6 is 11.3 Å². The quantitative estimate of drug-likeness (QED) is 0.739. The molecule has 0 radical (unpaired) electrons. The molecule has 0 unspecified atom stereocenters. The smallest absolute Gasteiger partial charge is 0.306 e. The summed E-state index contributed by atoms with van der Waals surface area (Å²) in [6, 6.07) is 0. The fourth-order valence-corrected chi connectivity index (χ4v) is 1.68. The van der Waals surface area contributed by atoms with Gasteiger partial charge in [0.2, 0.25) is 0 Å². The summed E-state index contributed by atoms with van der Waals surface area (Å²) in [7, 11) is 0. The van der Waals surface area contributed by atoms with Gasteiger partial charge in [-0.05, 0) is 6.92 Å². The molecule has 0 spiro atoms. The van der Waals surface area contributed by atoms with Crippen LogP contribution in [0.2, 0.25) is 0 Å². The van der Waals surface area contributed by atoms with Crippen molar-refractivity contribution in [2.24, 2.45) is 0 Å². The number of carboxylic acid groups (broad SMARTS) is 1. The molecule has 1 heterocycles. The summed E-state index contributed by atoms with van der Waals surface area (Å²) in [5.74, 6) is -1.00. The lowest BCUT2D eigenvalue weighted by Crippen LogP contribution is -2.04. The number of hydrogen-bond acceptors (Lipinski definition) is 4. The normalized spacial score (nSPS) is 12.8. The first kappa shape index (κ1) is 9.15. The molecule has 0 amide bonds. The first-order valence-electron chi connectivity index (χ1n) is 3.41. The van der Waals surface area contributed by atoms with E-state index in [-0.39, 0.29) is 6.42 Å². The SMILES string of the molecule is Cc1ncsc1[C@@H](O)CC(=O)O. The standard InChI is InChI=1S/C7H9NO3S/c1-4-7(12-3-8-4)5(9)2-6(10)11/h3,5,9H,2H2,1H3,(H,10,11)/t5-/m0/s1. The van der Waals surface area contributed by atoms with E-state index >= 15 is 0 Å². The maximum absolute atomic E-state index is 10.2. The number of carbonyl (C=O) groups is 1. The summed E-state index contributed by atoms with van der Waals surface area (Å²) in [6.45, 7) is 1.75. The van der Waals surface area contributed by atoms with Crippen LogP contribution in [0.25, 0.3) is 0 Å². The van der Waals surface area contributed by atoms with Crippen LogP contribution in [0.1, 0.15) is 23.1 Å². The lowest BCUT2D eigenvalue weighted by Gasteiger charge is -2.04. The Morgan fingerprint density at radius 2 is 2.50 bits per heavy atom. The second-order valence-corrected chi connectivity index (χ2v) is 3.30.